The molecule has 1 nitrogen and oxygen atoms in total. The third-order valence-electron chi connectivity index (χ3n) is 2.31. The normalized spacial score (nSPS) is 21.1. The lowest BCUT2D eigenvalue weighted by Gasteiger charge is -2.25. The van der Waals surface area contributed by atoms with Gasteiger partial charge in [-0.25, -0.2) is 0 Å². The molecule has 0 heterocycles. The molecule has 0 aliphatic heterocycles. The Morgan fingerprint density at radius 1 is 1.31 bits per heavy atom. The minimum atomic E-state index is 0.369. The van der Waals surface area contributed by atoms with Crippen LogP contribution >= 0.6 is 11.6 Å². The van der Waals surface area contributed by atoms with Gasteiger partial charge in [-0.05, 0) is 24.5 Å². The molecule has 1 saturated carbocycles. The molecule has 1 aliphatic rings. The highest BCUT2D eigenvalue weighted by atomic mass is 35.5. The van der Waals surface area contributed by atoms with E-state index in [9.17, 15) is 0 Å². The van der Waals surface area contributed by atoms with E-state index in [4.69, 9.17) is 17.3 Å². The van der Waals surface area contributed by atoms with Gasteiger partial charge in [-0.2, -0.15) is 0 Å². The average Bonchev–Trinajstić information content (AvgIpc) is 2.06. The third kappa shape index (κ3) is 1.93. The van der Waals surface area contributed by atoms with Crippen molar-refractivity contribution in [2.24, 2.45) is 5.73 Å². The second-order valence-electron chi connectivity index (χ2n) is 3.49. The largest absolute Gasteiger partial charge is 0.327 e. The van der Waals surface area contributed by atoms with Crippen LogP contribution in [-0.2, 0) is 0 Å². The summed E-state index contributed by atoms with van der Waals surface area (Å²) in [5.74, 6) is 0. The fraction of sp³-hybridized carbons (Fsp3) is 0.273. The van der Waals surface area contributed by atoms with Gasteiger partial charge in [0, 0.05) is 11.1 Å². The molecule has 1 aromatic carbocycles. The second kappa shape index (κ2) is 3.52. The summed E-state index contributed by atoms with van der Waals surface area (Å²) in [4.78, 5) is 0. The van der Waals surface area contributed by atoms with Crippen molar-refractivity contribution in [2.45, 2.75) is 18.9 Å². The first-order valence-electron chi connectivity index (χ1n) is 4.45. The van der Waals surface area contributed by atoms with Crippen LogP contribution in [0.2, 0.25) is 5.02 Å². The van der Waals surface area contributed by atoms with Crippen LogP contribution in [0.1, 0.15) is 18.4 Å². The van der Waals surface area contributed by atoms with E-state index in [2.05, 4.69) is 6.08 Å². The lowest BCUT2D eigenvalue weighted by Crippen LogP contribution is -2.29. The molecule has 1 aliphatic carbocycles. The molecule has 1 aromatic rings. The Morgan fingerprint density at radius 2 is 2.00 bits per heavy atom. The zero-order valence-corrected chi connectivity index (χ0v) is 8.09. The summed E-state index contributed by atoms with van der Waals surface area (Å²) in [7, 11) is 0. The van der Waals surface area contributed by atoms with E-state index in [-0.39, 0.29) is 0 Å². The molecule has 0 bridgehead atoms. The number of rotatable bonds is 1. The number of nitrogens with two attached hydrogens (primary N) is 1. The molecule has 68 valence electrons. The molecule has 2 heteroatoms. The first-order valence-corrected chi connectivity index (χ1v) is 4.83. The molecule has 2 rings (SSSR count). The van der Waals surface area contributed by atoms with E-state index in [1.165, 1.54) is 5.57 Å². The smallest absolute Gasteiger partial charge is 0.0478 e. The summed E-state index contributed by atoms with van der Waals surface area (Å²) in [6, 6.07) is 8.24. The molecule has 0 aromatic heterocycles. The average molecular weight is 194 g/mol. The van der Waals surface area contributed by atoms with Crippen LogP contribution in [0.25, 0.3) is 6.08 Å². The Balaban J connectivity index is 2.18. The summed E-state index contributed by atoms with van der Waals surface area (Å²) in [6.07, 6.45) is 4.18. The lowest BCUT2D eigenvalue weighted by atomic mass is 9.86. The van der Waals surface area contributed by atoms with E-state index in [0.29, 0.717) is 6.04 Å². The number of benzene rings is 1. The fourth-order valence-corrected chi connectivity index (χ4v) is 1.73. The number of hydrogen-bond donors (Lipinski definition) is 1. The lowest BCUT2D eigenvalue weighted by molar-refractivity contribution is 0.547. The molecule has 2 N–H and O–H groups in total. The Bertz CT molecular complexity index is 336. The van der Waals surface area contributed by atoms with Gasteiger partial charge >= 0.3 is 0 Å². The van der Waals surface area contributed by atoms with Crippen LogP contribution in [0, 0.1) is 0 Å². The zero-order valence-electron chi connectivity index (χ0n) is 7.33. The molecular formula is C11H12ClN. The van der Waals surface area contributed by atoms with Crippen LogP contribution in [0.5, 0.6) is 0 Å². The molecule has 0 saturated heterocycles. The van der Waals surface area contributed by atoms with E-state index >= 15 is 0 Å². The second-order valence-corrected chi connectivity index (χ2v) is 3.90. The molecule has 0 unspecified atom stereocenters. The van der Waals surface area contributed by atoms with Crippen LogP contribution in [0.4, 0.5) is 0 Å². The highest BCUT2D eigenvalue weighted by molar-refractivity contribution is 6.32. The van der Waals surface area contributed by atoms with Crippen molar-refractivity contribution in [3.8, 4) is 0 Å². The van der Waals surface area contributed by atoms with E-state index in [0.717, 1.165) is 23.4 Å². The van der Waals surface area contributed by atoms with E-state index in [1.807, 2.05) is 24.3 Å². The van der Waals surface area contributed by atoms with Gasteiger partial charge in [0.25, 0.3) is 0 Å². The molecule has 0 radical (unpaired) electrons. The Kier molecular flexibility index (Phi) is 2.38. The van der Waals surface area contributed by atoms with Gasteiger partial charge in [-0.3, -0.25) is 0 Å². The number of halogens is 1. The van der Waals surface area contributed by atoms with Gasteiger partial charge in [-0.1, -0.05) is 41.4 Å². The standard InChI is InChI=1S/C11H12ClN/c12-11-4-2-1-3-9(11)5-8-6-10(13)7-8/h1-5,10H,6-7,13H2. The third-order valence-corrected chi connectivity index (χ3v) is 2.66. The minimum Gasteiger partial charge on any atom is -0.327 e. The first-order chi connectivity index (χ1) is 6.25. The van der Waals surface area contributed by atoms with E-state index < -0.39 is 0 Å². The minimum absolute atomic E-state index is 0.369. The molecule has 0 amide bonds. The van der Waals surface area contributed by atoms with Gasteiger partial charge in [0.2, 0.25) is 0 Å². The Morgan fingerprint density at radius 3 is 2.62 bits per heavy atom. The maximum Gasteiger partial charge on any atom is 0.0478 e. The topological polar surface area (TPSA) is 26.0 Å². The predicted molar refractivity (Wildman–Crippen MR) is 56.6 cm³/mol. The van der Waals surface area contributed by atoms with Gasteiger partial charge in [0.05, 0.1) is 0 Å². The van der Waals surface area contributed by atoms with Crippen molar-refractivity contribution in [1.82, 2.24) is 0 Å². The van der Waals surface area contributed by atoms with E-state index in [1.54, 1.807) is 0 Å². The summed E-state index contributed by atoms with van der Waals surface area (Å²) in [5, 5.41) is 0.815. The molecule has 0 spiro atoms. The van der Waals surface area contributed by atoms with Crippen molar-refractivity contribution in [3.63, 3.8) is 0 Å². The van der Waals surface area contributed by atoms with Crippen molar-refractivity contribution in [1.29, 1.82) is 0 Å². The van der Waals surface area contributed by atoms with Crippen LogP contribution in [0.15, 0.2) is 29.8 Å². The zero-order chi connectivity index (χ0) is 9.26. The predicted octanol–water partition coefficient (Wildman–Crippen LogP) is 2.84. The molecule has 1 fully saturated rings. The van der Waals surface area contributed by atoms with Gasteiger partial charge in [0.15, 0.2) is 0 Å². The molecular weight excluding hydrogens is 182 g/mol. The van der Waals surface area contributed by atoms with Gasteiger partial charge in [0.1, 0.15) is 0 Å². The van der Waals surface area contributed by atoms with Crippen LogP contribution < -0.4 is 5.73 Å². The molecule has 13 heavy (non-hydrogen) atoms. The summed E-state index contributed by atoms with van der Waals surface area (Å²) >= 11 is 6.01. The maximum atomic E-state index is 6.01. The van der Waals surface area contributed by atoms with Crippen molar-refractivity contribution in [3.05, 3.63) is 40.4 Å². The van der Waals surface area contributed by atoms with Crippen LogP contribution in [0.3, 0.4) is 0 Å². The molecule has 0 atom stereocenters. The summed E-state index contributed by atoms with van der Waals surface area (Å²) < 4.78 is 0. The van der Waals surface area contributed by atoms with Crippen LogP contribution in [-0.4, -0.2) is 6.04 Å². The fourth-order valence-electron chi connectivity index (χ4n) is 1.54. The highest BCUT2D eigenvalue weighted by Crippen LogP contribution is 2.28. The summed E-state index contributed by atoms with van der Waals surface area (Å²) in [6.45, 7) is 0. The van der Waals surface area contributed by atoms with Gasteiger partial charge in [-0.15, -0.1) is 0 Å². The van der Waals surface area contributed by atoms with Gasteiger partial charge < -0.3 is 5.73 Å². The summed E-state index contributed by atoms with van der Waals surface area (Å²) in [5.41, 5.74) is 8.19. The van der Waals surface area contributed by atoms with Crippen molar-refractivity contribution >= 4 is 17.7 Å². The maximum absolute atomic E-state index is 6.01. The SMILES string of the molecule is NC1CC(=Cc2ccccc2Cl)C1. The quantitative estimate of drug-likeness (QED) is 0.730. The monoisotopic (exact) mass is 193 g/mol. The number of hydrogen-bond acceptors (Lipinski definition) is 1. The first kappa shape index (κ1) is 8.79. The van der Waals surface area contributed by atoms with Crippen molar-refractivity contribution < 1.29 is 0 Å². The Hall–Kier alpha value is -0.790. The Labute approximate surface area is 83.2 Å². The van der Waals surface area contributed by atoms with Crippen molar-refractivity contribution in [2.75, 3.05) is 0 Å². The highest BCUT2D eigenvalue weighted by Gasteiger charge is 2.18.